The second-order valence-corrected chi connectivity index (χ2v) is 10.4. The third-order valence-electron chi connectivity index (χ3n) is 6.30. The SMILES string of the molecule is CC1=C(c2ccc(Br)cc2)C(C)=C(c2ccncc2C#N)C(C)(C(=O)c2ccc(Br)cc2)C1. The molecule has 0 saturated heterocycles. The molecule has 33 heavy (non-hydrogen) atoms. The van der Waals surface area contributed by atoms with Gasteiger partial charge < -0.3 is 0 Å². The van der Waals surface area contributed by atoms with E-state index < -0.39 is 5.41 Å². The van der Waals surface area contributed by atoms with E-state index in [1.165, 1.54) is 0 Å². The van der Waals surface area contributed by atoms with Gasteiger partial charge in [-0.1, -0.05) is 61.7 Å². The maximum Gasteiger partial charge on any atom is 0.173 e. The van der Waals surface area contributed by atoms with E-state index in [0.717, 1.165) is 42.4 Å². The summed E-state index contributed by atoms with van der Waals surface area (Å²) in [5, 5.41) is 9.84. The summed E-state index contributed by atoms with van der Waals surface area (Å²) in [5.41, 5.74) is 6.33. The molecule has 0 amide bonds. The van der Waals surface area contributed by atoms with Crippen LogP contribution in [0.4, 0.5) is 0 Å². The largest absolute Gasteiger partial charge is 0.293 e. The molecular weight excluding hydrogens is 540 g/mol. The second kappa shape index (κ2) is 9.21. The van der Waals surface area contributed by atoms with Crippen molar-refractivity contribution >= 4 is 48.8 Å². The van der Waals surface area contributed by atoms with E-state index in [0.29, 0.717) is 17.5 Å². The first kappa shape index (κ1) is 23.4. The number of nitrogens with zero attached hydrogens (tertiary/aromatic N) is 2. The molecule has 3 aromatic rings. The molecule has 1 aliphatic rings. The number of ketones is 1. The lowest BCUT2D eigenvalue weighted by Gasteiger charge is -2.39. The number of pyridine rings is 1. The highest BCUT2D eigenvalue weighted by Crippen LogP contribution is 2.52. The summed E-state index contributed by atoms with van der Waals surface area (Å²) >= 11 is 6.97. The second-order valence-electron chi connectivity index (χ2n) is 8.54. The predicted molar refractivity (Wildman–Crippen MR) is 139 cm³/mol. The number of carbonyl (C=O) groups excluding carboxylic acids is 1. The number of nitriles is 1. The van der Waals surface area contributed by atoms with Gasteiger partial charge in [0.1, 0.15) is 6.07 Å². The lowest BCUT2D eigenvalue weighted by atomic mass is 9.63. The summed E-state index contributed by atoms with van der Waals surface area (Å²) < 4.78 is 1.94. The summed E-state index contributed by atoms with van der Waals surface area (Å²) in [7, 11) is 0. The van der Waals surface area contributed by atoms with Crippen LogP contribution in [-0.4, -0.2) is 10.8 Å². The summed E-state index contributed by atoms with van der Waals surface area (Å²) in [4.78, 5) is 18.2. The van der Waals surface area contributed by atoms with Crippen molar-refractivity contribution in [3.8, 4) is 6.07 Å². The Balaban J connectivity index is 1.99. The number of hydrogen-bond donors (Lipinski definition) is 0. The van der Waals surface area contributed by atoms with Crippen LogP contribution < -0.4 is 0 Å². The Bertz CT molecular complexity index is 1350. The van der Waals surface area contributed by atoms with Crippen molar-refractivity contribution < 1.29 is 4.79 Å². The number of aromatic nitrogens is 1. The number of rotatable bonds is 4. The molecule has 1 aromatic heterocycles. The van der Waals surface area contributed by atoms with Crippen molar-refractivity contribution in [2.45, 2.75) is 27.2 Å². The number of Topliss-reactive ketones (excluding diaryl/α,β-unsaturated/α-hetero) is 1. The van der Waals surface area contributed by atoms with Crippen molar-refractivity contribution in [3.05, 3.63) is 109 Å². The van der Waals surface area contributed by atoms with E-state index in [-0.39, 0.29) is 5.78 Å². The van der Waals surface area contributed by atoms with Crippen molar-refractivity contribution in [3.63, 3.8) is 0 Å². The number of benzene rings is 2. The van der Waals surface area contributed by atoms with Crippen molar-refractivity contribution in [2.75, 3.05) is 0 Å². The molecule has 1 atom stereocenters. The van der Waals surface area contributed by atoms with E-state index in [4.69, 9.17) is 0 Å². The van der Waals surface area contributed by atoms with E-state index in [1.807, 2.05) is 49.4 Å². The molecule has 2 aromatic carbocycles. The van der Waals surface area contributed by atoms with Gasteiger partial charge in [0.05, 0.1) is 11.0 Å². The van der Waals surface area contributed by atoms with Crippen LogP contribution >= 0.6 is 31.9 Å². The quantitative estimate of drug-likeness (QED) is 0.303. The van der Waals surface area contributed by atoms with Gasteiger partial charge in [0.25, 0.3) is 0 Å². The van der Waals surface area contributed by atoms with E-state index >= 15 is 0 Å². The Morgan fingerprint density at radius 3 is 2.21 bits per heavy atom. The molecule has 0 bridgehead atoms. The summed E-state index contributed by atoms with van der Waals surface area (Å²) in [6, 6.07) is 19.8. The average Bonchev–Trinajstić information content (AvgIpc) is 2.80. The zero-order chi connectivity index (χ0) is 23.8. The van der Waals surface area contributed by atoms with Crippen LogP contribution in [0.15, 0.2) is 87.1 Å². The van der Waals surface area contributed by atoms with Crippen LogP contribution in [-0.2, 0) is 0 Å². The molecular formula is C28H22Br2N2O. The van der Waals surface area contributed by atoms with Gasteiger partial charge in [-0.15, -0.1) is 0 Å². The first-order valence-corrected chi connectivity index (χ1v) is 12.2. The molecule has 0 saturated carbocycles. The molecule has 0 fully saturated rings. The average molecular weight is 562 g/mol. The van der Waals surface area contributed by atoms with Crippen LogP contribution in [0.1, 0.15) is 54.2 Å². The van der Waals surface area contributed by atoms with Crippen LogP contribution in [0.2, 0.25) is 0 Å². The fourth-order valence-corrected chi connectivity index (χ4v) is 5.49. The van der Waals surface area contributed by atoms with Gasteiger partial charge in [-0.25, -0.2) is 0 Å². The molecule has 0 aliphatic heterocycles. The standard InChI is InChI=1S/C28H22Br2N2O/c1-17-14-28(3,27(33)20-6-10-23(30)11-7-20)26(24-12-13-32-16-21(24)15-31)18(2)25(17)19-4-8-22(29)9-5-19/h4-13,16H,14H2,1-3H3. The van der Waals surface area contributed by atoms with Crippen LogP contribution in [0.5, 0.6) is 0 Å². The molecule has 1 aliphatic carbocycles. The monoisotopic (exact) mass is 560 g/mol. The molecule has 3 nitrogen and oxygen atoms in total. The zero-order valence-corrected chi connectivity index (χ0v) is 21.8. The fraction of sp³-hybridized carbons (Fsp3) is 0.179. The maximum absolute atomic E-state index is 14.0. The fourth-order valence-electron chi connectivity index (χ4n) is 4.96. The summed E-state index contributed by atoms with van der Waals surface area (Å²) in [5.74, 6) is 0.0410. The first-order chi connectivity index (χ1) is 15.8. The van der Waals surface area contributed by atoms with E-state index in [9.17, 15) is 10.1 Å². The third kappa shape index (κ3) is 4.26. The van der Waals surface area contributed by atoms with Gasteiger partial charge in [-0.3, -0.25) is 9.78 Å². The Morgan fingerprint density at radius 1 is 1.00 bits per heavy atom. The molecule has 0 radical (unpaired) electrons. The number of allylic oxidation sites excluding steroid dienone is 4. The topological polar surface area (TPSA) is 53.8 Å². The zero-order valence-electron chi connectivity index (χ0n) is 18.6. The Kier molecular flexibility index (Phi) is 6.52. The highest BCUT2D eigenvalue weighted by molar-refractivity contribution is 9.10. The Morgan fingerprint density at radius 2 is 1.61 bits per heavy atom. The van der Waals surface area contributed by atoms with Crippen molar-refractivity contribution in [2.24, 2.45) is 5.41 Å². The van der Waals surface area contributed by atoms with Gasteiger partial charge in [0.2, 0.25) is 0 Å². The molecule has 1 unspecified atom stereocenters. The van der Waals surface area contributed by atoms with Crippen LogP contribution in [0.25, 0.3) is 11.1 Å². The van der Waals surface area contributed by atoms with E-state index in [1.54, 1.807) is 12.4 Å². The van der Waals surface area contributed by atoms with Crippen LogP contribution in [0, 0.1) is 16.7 Å². The van der Waals surface area contributed by atoms with Crippen molar-refractivity contribution in [1.29, 1.82) is 5.26 Å². The first-order valence-electron chi connectivity index (χ1n) is 10.6. The summed E-state index contributed by atoms with van der Waals surface area (Å²) in [6.07, 6.45) is 3.82. The lowest BCUT2D eigenvalue weighted by molar-refractivity contribution is 0.0877. The molecule has 5 heteroatoms. The van der Waals surface area contributed by atoms with Gasteiger partial charge in [0, 0.05) is 26.9 Å². The third-order valence-corrected chi connectivity index (χ3v) is 7.36. The van der Waals surface area contributed by atoms with Gasteiger partial charge >= 0.3 is 0 Å². The predicted octanol–water partition coefficient (Wildman–Crippen LogP) is 8.02. The molecule has 1 heterocycles. The molecule has 0 spiro atoms. The smallest absolute Gasteiger partial charge is 0.173 e. The minimum atomic E-state index is -0.826. The summed E-state index contributed by atoms with van der Waals surface area (Å²) in [6.45, 7) is 6.16. The lowest BCUT2D eigenvalue weighted by Crippen LogP contribution is -2.33. The maximum atomic E-state index is 14.0. The van der Waals surface area contributed by atoms with Gasteiger partial charge in [-0.05, 0) is 85.4 Å². The van der Waals surface area contributed by atoms with Gasteiger partial charge in [-0.2, -0.15) is 5.26 Å². The van der Waals surface area contributed by atoms with Crippen molar-refractivity contribution in [1.82, 2.24) is 4.98 Å². The van der Waals surface area contributed by atoms with E-state index in [2.05, 4.69) is 68.9 Å². The van der Waals surface area contributed by atoms with Crippen LogP contribution in [0.3, 0.4) is 0 Å². The highest BCUT2D eigenvalue weighted by Gasteiger charge is 2.43. The number of carbonyl (C=O) groups is 1. The van der Waals surface area contributed by atoms with Gasteiger partial charge in [0.15, 0.2) is 5.78 Å². The number of hydrogen-bond acceptors (Lipinski definition) is 3. The molecule has 0 N–H and O–H groups in total. The minimum absolute atomic E-state index is 0.0410. The Hall–Kier alpha value is -2.81. The normalized spacial score (nSPS) is 18.3. The highest BCUT2D eigenvalue weighted by atomic mass is 79.9. The number of halogens is 2. The molecule has 164 valence electrons. The Labute approximate surface area is 211 Å². The minimum Gasteiger partial charge on any atom is -0.293 e. The molecule has 4 rings (SSSR count).